The Kier molecular flexibility index (Phi) is 5.58. The Bertz CT molecular complexity index is 544. The van der Waals surface area contributed by atoms with Crippen molar-refractivity contribution in [1.82, 2.24) is 0 Å². The summed E-state index contributed by atoms with van der Waals surface area (Å²) in [5, 5.41) is 0. The highest BCUT2D eigenvalue weighted by atomic mass is 79.9. The van der Waals surface area contributed by atoms with Crippen LogP contribution in [0.2, 0.25) is 0 Å². The first kappa shape index (κ1) is 18.2. The second-order valence-electron chi connectivity index (χ2n) is 7.46. The van der Waals surface area contributed by atoms with Crippen molar-refractivity contribution in [3.05, 3.63) is 34.9 Å². The molecule has 0 nitrogen and oxygen atoms in total. The topological polar surface area (TPSA) is 0 Å². The van der Waals surface area contributed by atoms with E-state index in [9.17, 15) is 17.6 Å². The summed E-state index contributed by atoms with van der Waals surface area (Å²) in [6.45, 7) is 0. The van der Waals surface area contributed by atoms with E-state index in [0.29, 0.717) is 11.5 Å². The van der Waals surface area contributed by atoms with Crippen LogP contribution in [0.4, 0.5) is 17.6 Å². The third-order valence-corrected chi connectivity index (χ3v) is 6.20. The van der Waals surface area contributed by atoms with Crippen molar-refractivity contribution >= 4 is 15.9 Å². The van der Waals surface area contributed by atoms with E-state index in [2.05, 4.69) is 0 Å². The normalized spacial score (nSPS) is 26.0. The molecule has 0 spiro atoms. The van der Waals surface area contributed by atoms with E-state index < -0.39 is 22.0 Å². The molecule has 0 amide bonds. The van der Waals surface area contributed by atoms with E-state index in [1.807, 2.05) is 15.9 Å². The predicted octanol–water partition coefficient (Wildman–Crippen LogP) is 7.26. The van der Waals surface area contributed by atoms with Crippen LogP contribution in [0.15, 0.2) is 12.1 Å². The van der Waals surface area contributed by atoms with Gasteiger partial charge < -0.3 is 0 Å². The van der Waals surface area contributed by atoms with Gasteiger partial charge in [0.15, 0.2) is 0 Å². The molecule has 0 radical (unpaired) electrons. The number of hydrogen-bond acceptors (Lipinski definition) is 0. The van der Waals surface area contributed by atoms with Crippen molar-refractivity contribution in [2.24, 2.45) is 11.8 Å². The van der Waals surface area contributed by atoms with Crippen molar-refractivity contribution in [1.29, 1.82) is 0 Å². The molecule has 0 unspecified atom stereocenters. The SMILES string of the molecule is Fc1cc(C2CCC(CC3CCCC3)CC2)cc(F)c1C(F)(F)Br. The molecule has 2 saturated carbocycles. The molecule has 0 atom stereocenters. The van der Waals surface area contributed by atoms with Gasteiger partial charge >= 0.3 is 4.83 Å². The van der Waals surface area contributed by atoms with Crippen molar-refractivity contribution in [3.63, 3.8) is 0 Å². The predicted molar refractivity (Wildman–Crippen MR) is 90.5 cm³/mol. The molecule has 0 heterocycles. The molecule has 0 aliphatic heterocycles. The van der Waals surface area contributed by atoms with E-state index in [-0.39, 0.29) is 5.92 Å². The minimum atomic E-state index is -3.68. The van der Waals surface area contributed by atoms with Crippen LogP contribution in [0.3, 0.4) is 0 Å². The second-order valence-corrected chi connectivity index (χ2v) is 8.46. The van der Waals surface area contributed by atoms with Gasteiger partial charge in [0.2, 0.25) is 0 Å². The first-order valence-corrected chi connectivity index (χ1v) is 9.70. The Labute approximate surface area is 149 Å². The Hall–Kier alpha value is -0.580. The van der Waals surface area contributed by atoms with Gasteiger partial charge in [0, 0.05) is 0 Å². The number of rotatable bonds is 4. The zero-order valence-corrected chi connectivity index (χ0v) is 15.2. The van der Waals surface area contributed by atoms with E-state index >= 15 is 0 Å². The highest BCUT2D eigenvalue weighted by molar-refractivity contribution is 9.09. The van der Waals surface area contributed by atoms with Crippen LogP contribution < -0.4 is 0 Å². The average molecular weight is 407 g/mol. The Balaban J connectivity index is 1.64. The summed E-state index contributed by atoms with van der Waals surface area (Å²) in [5.41, 5.74) is -0.675. The molecule has 0 aromatic heterocycles. The lowest BCUT2D eigenvalue weighted by molar-refractivity contribution is 0.105. The quantitative estimate of drug-likeness (QED) is 0.364. The van der Waals surface area contributed by atoms with Gasteiger partial charge in [0.1, 0.15) is 17.2 Å². The Morgan fingerprint density at radius 3 is 1.88 bits per heavy atom. The van der Waals surface area contributed by atoms with Crippen molar-refractivity contribution in [2.45, 2.75) is 68.5 Å². The Morgan fingerprint density at radius 1 is 0.875 bits per heavy atom. The van der Waals surface area contributed by atoms with Gasteiger partial charge in [0.05, 0.1) is 0 Å². The Morgan fingerprint density at radius 2 is 1.38 bits per heavy atom. The number of hydrogen-bond donors (Lipinski definition) is 0. The molecule has 134 valence electrons. The minimum absolute atomic E-state index is 0.0758. The summed E-state index contributed by atoms with van der Waals surface area (Å²) in [5.74, 6) is -0.682. The summed E-state index contributed by atoms with van der Waals surface area (Å²) in [6.07, 6.45) is 10.6. The fourth-order valence-electron chi connectivity index (χ4n) is 4.55. The lowest BCUT2D eigenvalue weighted by Gasteiger charge is -2.30. The van der Waals surface area contributed by atoms with Gasteiger partial charge in [-0.1, -0.05) is 25.7 Å². The molecule has 0 bridgehead atoms. The largest absolute Gasteiger partial charge is 0.332 e. The summed E-state index contributed by atoms with van der Waals surface area (Å²) >= 11 is 2.04. The molecule has 5 heteroatoms. The molecule has 0 saturated heterocycles. The zero-order chi connectivity index (χ0) is 17.3. The highest BCUT2D eigenvalue weighted by Crippen LogP contribution is 2.43. The molecule has 1 aromatic carbocycles. The maximum atomic E-state index is 14.0. The molecular formula is C19H23BrF4. The van der Waals surface area contributed by atoms with E-state index in [1.54, 1.807) is 0 Å². The van der Waals surface area contributed by atoms with Crippen LogP contribution in [-0.2, 0) is 4.83 Å². The number of halogens is 5. The van der Waals surface area contributed by atoms with Gasteiger partial charge in [-0.3, -0.25) is 0 Å². The van der Waals surface area contributed by atoms with Crippen LogP contribution in [-0.4, -0.2) is 0 Å². The summed E-state index contributed by atoms with van der Waals surface area (Å²) < 4.78 is 54.4. The van der Waals surface area contributed by atoms with Crippen LogP contribution >= 0.6 is 15.9 Å². The van der Waals surface area contributed by atoms with Gasteiger partial charge in [0.25, 0.3) is 0 Å². The molecular weight excluding hydrogens is 384 g/mol. The smallest absolute Gasteiger partial charge is 0.206 e. The van der Waals surface area contributed by atoms with Gasteiger partial charge in [-0.2, -0.15) is 8.78 Å². The number of alkyl halides is 3. The van der Waals surface area contributed by atoms with Gasteiger partial charge in [-0.15, -0.1) is 0 Å². The fraction of sp³-hybridized carbons (Fsp3) is 0.684. The van der Waals surface area contributed by atoms with E-state index in [0.717, 1.165) is 43.7 Å². The summed E-state index contributed by atoms with van der Waals surface area (Å²) in [6, 6.07) is 2.19. The van der Waals surface area contributed by atoms with E-state index in [1.165, 1.54) is 32.1 Å². The molecule has 24 heavy (non-hydrogen) atoms. The molecule has 2 aliphatic rings. The standard InChI is InChI=1S/C19H23BrF4/c20-19(23,24)18-16(21)10-15(11-17(18)22)14-7-5-13(6-8-14)9-12-3-1-2-4-12/h10-14H,1-9H2. The third-order valence-electron chi connectivity index (χ3n) is 5.81. The van der Waals surface area contributed by atoms with Crippen LogP contribution in [0.1, 0.15) is 74.8 Å². The fourth-order valence-corrected chi connectivity index (χ4v) is 4.93. The number of benzene rings is 1. The third kappa shape index (κ3) is 4.14. The molecule has 1 aromatic rings. The first-order chi connectivity index (χ1) is 11.3. The van der Waals surface area contributed by atoms with Gasteiger partial charge in [-0.25, -0.2) is 8.78 Å². The van der Waals surface area contributed by atoms with Crippen LogP contribution in [0, 0.1) is 23.5 Å². The van der Waals surface area contributed by atoms with Crippen molar-refractivity contribution < 1.29 is 17.6 Å². The van der Waals surface area contributed by atoms with Gasteiger partial charge in [-0.05, 0) is 83.5 Å². The van der Waals surface area contributed by atoms with Crippen LogP contribution in [0.5, 0.6) is 0 Å². The molecule has 2 aliphatic carbocycles. The highest BCUT2D eigenvalue weighted by Gasteiger charge is 2.35. The van der Waals surface area contributed by atoms with E-state index in [4.69, 9.17) is 0 Å². The maximum Gasteiger partial charge on any atom is 0.332 e. The lowest BCUT2D eigenvalue weighted by atomic mass is 9.75. The monoisotopic (exact) mass is 406 g/mol. The molecule has 2 fully saturated rings. The average Bonchev–Trinajstić information content (AvgIpc) is 2.98. The van der Waals surface area contributed by atoms with Crippen molar-refractivity contribution in [3.8, 4) is 0 Å². The maximum absolute atomic E-state index is 14.0. The lowest BCUT2D eigenvalue weighted by Crippen LogP contribution is -2.17. The zero-order valence-electron chi connectivity index (χ0n) is 13.6. The van der Waals surface area contributed by atoms with Crippen LogP contribution in [0.25, 0.3) is 0 Å². The molecule has 0 N–H and O–H groups in total. The first-order valence-electron chi connectivity index (χ1n) is 8.90. The minimum Gasteiger partial charge on any atom is -0.206 e. The summed E-state index contributed by atoms with van der Waals surface area (Å²) in [7, 11) is 0. The summed E-state index contributed by atoms with van der Waals surface area (Å²) in [4.78, 5) is -3.68. The van der Waals surface area contributed by atoms with Crippen molar-refractivity contribution in [2.75, 3.05) is 0 Å². The molecule has 3 rings (SSSR count). The second kappa shape index (κ2) is 7.35.